The highest BCUT2D eigenvalue weighted by Gasteiger charge is 2.28. The number of nitrogens with zero attached hydrogens (tertiary/aromatic N) is 4. The van der Waals surface area contributed by atoms with Crippen molar-refractivity contribution in [2.45, 2.75) is 12.7 Å². The summed E-state index contributed by atoms with van der Waals surface area (Å²) in [5.41, 5.74) is 1.35. The van der Waals surface area contributed by atoms with E-state index < -0.39 is 18.8 Å². The summed E-state index contributed by atoms with van der Waals surface area (Å²) in [6.45, 7) is -1.24. The molecule has 0 aliphatic carbocycles. The summed E-state index contributed by atoms with van der Waals surface area (Å²) in [7, 11) is 0. The number of rotatable bonds is 5. The lowest BCUT2D eigenvalue weighted by Gasteiger charge is -2.09. The third kappa shape index (κ3) is 5.27. The van der Waals surface area contributed by atoms with Gasteiger partial charge in [0, 0.05) is 29.0 Å². The number of benzene rings is 1. The Morgan fingerprint density at radius 2 is 1.70 bits per heavy atom. The Bertz CT molecular complexity index is 973. The number of hydrogen-bond acceptors (Lipinski definition) is 5. The Hall–Kier alpha value is -2.94. The number of halogens is 4. The minimum atomic E-state index is -4.47. The average molecular weight is 397 g/mol. The van der Waals surface area contributed by atoms with Gasteiger partial charge in [0.2, 0.25) is 0 Å². The first-order chi connectivity index (χ1) is 12.8. The summed E-state index contributed by atoms with van der Waals surface area (Å²) < 4.78 is 42.1. The smallest absolute Gasteiger partial charge is 0.422 e. The second kappa shape index (κ2) is 7.75. The molecule has 0 fully saturated rings. The van der Waals surface area contributed by atoms with Crippen molar-refractivity contribution in [1.29, 1.82) is 0 Å². The van der Waals surface area contributed by atoms with E-state index in [0.717, 1.165) is 5.56 Å². The third-order valence-corrected chi connectivity index (χ3v) is 3.65. The maximum atomic E-state index is 12.1. The standard InChI is InChI=1S/C17H12ClF3N4O2/c18-13-3-1-11(2-4-13)9-25-15(26)6-5-14(24-25)12-7-22-16(23-8-12)27-10-17(19,20)21/h1-8H,9-10H2. The van der Waals surface area contributed by atoms with Gasteiger partial charge < -0.3 is 4.74 Å². The first-order valence-electron chi connectivity index (χ1n) is 7.65. The molecule has 140 valence electrons. The quantitative estimate of drug-likeness (QED) is 0.661. The molecule has 0 N–H and O–H groups in total. The van der Waals surface area contributed by atoms with Crippen LogP contribution in [0.1, 0.15) is 5.56 Å². The Balaban J connectivity index is 1.79. The maximum absolute atomic E-state index is 12.1. The van der Waals surface area contributed by atoms with Gasteiger partial charge in [-0.05, 0) is 23.8 Å². The zero-order valence-electron chi connectivity index (χ0n) is 13.7. The van der Waals surface area contributed by atoms with Crippen LogP contribution in [0.2, 0.25) is 5.02 Å². The van der Waals surface area contributed by atoms with Crippen molar-refractivity contribution in [3.05, 3.63) is 69.7 Å². The van der Waals surface area contributed by atoms with Gasteiger partial charge in [-0.3, -0.25) is 4.79 Å². The molecule has 0 amide bonds. The molecule has 0 unspecified atom stereocenters. The molecule has 0 bridgehead atoms. The van der Waals surface area contributed by atoms with Crippen LogP contribution < -0.4 is 10.3 Å². The molecule has 6 nitrogen and oxygen atoms in total. The molecule has 0 radical (unpaired) electrons. The first-order valence-corrected chi connectivity index (χ1v) is 8.02. The summed E-state index contributed by atoms with van der Waals surface area (Å²) >= 11 is 5.84. The maximum Gasteiger partial charge on any atom is 0.422 e. The average Bonchev–Trinajstić information content (AvgIpc) is 2.63. The summed E-state index contributed by atoms with van der Waals surface area (Å²) in [6, 6.07) is 9.39. The van der Waals surface area contributed by atoms with Gasteiger partial charge in [0.1, 0.15) is 0 Å². The van der Waals surface area contributed by atoms with Crippen molar-refractivity contribution in [2.75, 3.05) is 6.61 Å². The largest absolute Gasteiger partial charge is 0.454 e. The van der Waals surface area contributed by atoms with Crippen LogP contribution in [0.5, 0.6) is 6.01 Å². The van der Waals surface area contributed by atoms with Gasteiger partial charge in [-0.1, -0.05) is 23.7 Å². The van der Waals surface area contributed by atoms with Gasteiger partial charge in [0.15, 0.2) is 6.61 Å². The van der Waals surface area contributed by atoms with Crippen LogP contribution in [0.25, 0.3) is 11.3 Å². The predicted molar refractivity (Wildman–Crippen MR) is 91.6 cm³/mol. The molecule has 2 aromatic heterocycles. The van der Waals surface area contributed by atoms with Crippen LogP contribution in [0.15, 0.2) is 53.6 Å². The third-order valence-electron chi connectivity index (χ3n) is 3.40. The Morgan fingerprint density at radius 3 is 2.33 bits per heavy atom. The lowest BCUT2D eigenvalue weighted by Crippen LogP contribution is -2.22. The summed E-state index contributed by atoms with van der Waals surface area (Å²) in [6.07, 6.45) is -1.92. The Kier molecular flexibility index (Phi) is 5.41. The van der Waals surface area contributed by atoms with E-state index in [9.17, 15) is 18.0 Å². The second-order valence-electron chi connectivity index (χ2n) is 5.50. The van der Waals surface area contributed by atoms with Gasteiger partial charge in [-0.25, -0.2) is 14.6 Å². The summed E-state index contributed by atoms with van der Waals surface area (Å²) in [5, 5.41) is 4.83. The van der Waals surface area contributed by atoms with Crippen molar-refractivity contribution < 1.29 is 17.9 Å². The zero-order valence-corrected chi connectivity index (χ0v) is 14.4. The van der Waals surface area contributed by atoms with E-state index in [4.69, 9.17) is 11.6 Å². The van der Waals surface area contributed by atoms with E-state index in [0.29, 0.717) is 16.3 Å². The molecule has 1 aromatic carbocycles. The van der Waals surface area contributed by atoms with Gasteiger partial charge in [0.25, 0.3) is 5.56 Å². The van der Waals surface area contributed by atoms with Gasteiger partial charge in [0.05, 0.1) is 12.2 Å². The molecule has 27 heavy (non-hydrogen) atoms. The molecule has 0 aliphatic rings. The van der Waals surface area contributed by atoms with Crippen LogP contribution in [0.3, 0.4) is 0 Å². The van der Waals surface area contributed by atoms with E-state index in [1.807, 2.05) is 0 Å². The topological polar surface area (TPSA) is 69.9 Å². The minimum absolute atomic E-state index is 0.234. The lowest BCUT2D eigenvalue weighted by atomic mass is 10.2. The van der Waals surface area contributed by atoms with Gasteiger partial charge in [-0.2, -0.15) is 18.3 Å². The predicted octanol–water partition coefficient (Wildman–Crippen LogP) is 3.34. The van der Waals surface area contributed by atoms with Crippen LogP contribution in [-0.4, -0.2) is 32.5 Å². The van der Waals surface area contributed by atoms with Crippen molar-refractivity contribution in [3.8, 4) is 17.3 Å². The van der Waals surface area contributed by atoms with Crippen LogP contribution in [0, 0.1) is 0 Å². The zero-order chi connectivity index (χ0) is 19.4. The molecule has 3 aromatic rings. The monoisotopic (exact) mass is 396 g/mol. The van der Waals surface area contributed by atoms with E-state index in [1.165, 1.54) is 29.2 Å². The molecule has 2 heterocycles. The number of hydrogen-bond donors (Lipinski definition) is 0. The van der Waals surface area contributed by atoms with Gasteiger partial charge in [-0.15, -0.1) is 0 Å². The molecule has 0 saturated heterocycles. The molecule has 10 heteroatoms. The van der Waals surface area contributed by atoms with Crippen molar-refractivity contribution in [3.63, 3.8) is 0 Å². The van der Waals surface area contributed by atoms with E-state index in [1.54, 1.807) is 24.3 Å². The molecule has 0 saturated carbocycles. The van der Waals surface area contributed by atoms with Crippen LogP contribution in [0.4, 0.5) is 13.2 Å². The summed E-state index contributed by atoms with van der Waals surface area (Å²) in [4.78, 5) is 19.5. The highest BCUT2D eigenvalue weighted by molar-refractivity contribution is 6.30. The van der Waals surface area contributed by atoms with Crippen molar-refractivity contribution in [1.82, 2.24) is 19.7 Å². The number of alkyl halides is 3. The van der Waals surface area contributed by atoms with E-state index >= 15 is 0 Å². The second-order valence-corrected chi connectivity index (χ2v) is 5.94. The van der Waals surface area contributed by atoms with Crippen molar-refractivity contribution >= 4 is 11.6 Å². The lowest BCUT2D eigenvalue weighted by molar-refractivity contribution is -0.154. The van der Waals surface area contributed by atoms with Crippen LogP contribution >= 0.6 is 11.6 Å². The Labute approximate surface area is 156 Å². The fraction of sp³-hybridized carbons (Fsp3) is 0.176. The van der Waals surface area contributed by atoms with Gasteiger partial charge >= 0.3 is 12.2 Å². The number of ether oxygens (including phenoxy) is 1. The fourth-order valence-corrected chi connectivity index (χ4v) is 2.27. The highest BCUT2D eigenvalue weighted by atomic mass is 35.5. The minimum Gasteiger partial charge on any atom is -0.454 e. The SMILES string of the molecule is O=c1ccc(-c2cnc(OCC(F)(F)F)nc2)nn1Cc1ccc(Cl)cc1. The molecule has 0 spiro atoms. The molecule has 3 rings (SSSR count). The number of aromatic nitrogens is 4. The summed E-state index contributed by atoms with van der Waals surface area (Å²) in [5.74, 6) is 0. The molecular formula is C17H12ClF3N4O2. The van der Waals surface area contributed by atoms with Crippen molar-refractivity contribution in [2.24, 2.45) is 0 Å². The van der Waals surface area contributed by atoms with E-state index in [2.05, 4.69) is 19.8 Å². The molecular weight excluding hydrogens is 385 g/mol. The first kappa shape index (κ1) is 18.8. The normalized spacial score (nSPS) is 11.4. The molecule has 0 atom stereocenters. The van der Waals surface area contributed by atoms with E-state index in [-0.39, 0.29) is 12.1 Å². The fourth-order valence-electron chi connectivity index (χ4n) is 2.15. The Morgan fingerprint density at radius 1 is 1.04 bits per heavy atom. The highest BCUT2D eigenvalue weighted by Crippen LogP contribution is 2.18. The molecule has 0 aliphatic heterocycles. The van der Waals surface area contributed by atoms with Crippen LogP contribution in [-0.2, 0) is 6.54 Å².